The highest BCUT2D eigenvalue weighted by Gasteiger charge is 2.43. The molecule has 1 unspecified atom stereocenters. The van der Waals surface area contributed by atoms with Crippen LogP contribution >= 0.6 is 11.3 Å². The molecular formula is C28H37FN6OS. The van der Waals surface area contributed by atoms with Gasteiger partial charge in [0.25, 0.3) is 5.91 Å². The van der Waals surface area contributed by atoms with E-state index in [2.05, 4.69) is 27.6 Å². The van der Waals surface area contributed by atoms with Gasteiger partial charge in [-0.15, -0.1) is 11.3 Å². The summed E-state index contributed by atoms with van der Waals surface area (Å²) in [6.07, 6.45) is 14.8. The average Bonchev–Trinajstić information content (AvgIpc) is 3.59. The number of halogens is 1. The Labute approximate surface area is 222 Å². The molecule has 1 aromatic rings. The number of nitrogens with zero attached hydrogens (tertiary/aromatic N) is 2. The lowest BCUT2D eigenvalue weighted by Crippen LogP contribution is -2.51. The van der Waals surface area contributed by atoms with Gasteiger partial charge in [-0.05, 0) is 82.3 Å². The van der Waals surface area contributed by atoms with Gasteiger partial charge in [-0.25, -0.2) is 19.8 Å². The molecule has 198 valence electrons. The number of thiophene rings is 1. The number of hydrazine groups is 1. The Morgan fingerprint density at radius 3 is 2.73 bits per heavy atom. The van der Waals surface area contributed by atoms with Crippen molar-refractivity contribution in [3.8, 4) is 0 Å². The Kier molecular flexibility index (Phi) is 8.02. The smallest absolute Gasteiger partial charge is 0.252 e. The molecule has 1 saturated heterocycles. The molecule has 0 aromatic carbocycles. The van der Waals surface area contributed by atoms with Crippen LogP contribution in [0.3, 0.4) is 0 Å². The van der Waals surface area contributed by atoms with Gasteiger partial charge in [0.2, 0.25) is 0 Å². The molecular weight excluding hydrogens is 487 g/mol. The number of fused-ring (bicyclic) bond motifs is 2. The zero-order chi connectivity index (χ0) is 25.8. The molecule has 1 aromatic heterocycles. The summed E-state index contributed by atoms with van der Waals surface area (Å²) >= 11 is 1.51. The molecule has 37 heavy (non-hydrogen) atoms. The van der Waals surface area contributed by atoms with Gasteiger partial charge >= 0.3 is 0 Å². The highest BCUT2D eigenvalue weighted by molar-refractivity contribution is 7.15. The van der Waals surface area contributed by atoms with Crippen molar-refractivity contribution in [2.24, 2.45) is 15.9 Å². The monoisotopic (exact) mass is 524 g/mol. The van der Waals surface area contributed by atoms with E-state index in [0.717, 1.165) is 56.5 Å². The summed E-state index contributed by atoms with van der Waals surface area (Å²) in [6.45, 7) is 6.42. The lowest BCUT2D eigenvalue weighted by Gasteiger charge is -2.33. The maximum absolute atomic E-state index is 15.3. The van der Waals surface area contributed by atoms with E-state index < -0.39 is 5.83 Å². The summed E-state index contributed by atoms with van der Waals surface area (Å²) < 4.78 is 15.3. The quantitative estimate of drug-likeness (QED) is 0.408. The van der Waals surface area contributed by atoms with E-state index in [1.54, 1.807) is 6.92 Å². The minimum atomic E-state index is -0.419. The number of amidine groups is 1. The summed E-state index contributed by atoms with van der Waals surface area (Å²) in [6, 6.07) is 2.07. The van der Waals surface area contributed by atoms with Crippen LogP contribution in [0, 0.1) is 5.92 Å². The number of hydrogen-bond acceptors (Lipinski definition) is 6. The first-order valence-electron chi connectivity index (χ1n) is 13.6. The Morgan fingerprint density at radius 2 is 2.05 bits per heavy atom. The second-order valence-electron chi connectivity index (χ2n) is 10.3. The molecule has 5 rings (SSSR count). The van der Waals surface area contributed by atoms with E-state index in [1.807, 2.05) is 25.1 Å². The predicted molar refractivity (Wildman–Crippen MR) is 149 cm³/mol. The van der Waals surface area contributed by atoms with E-state index in [4.69, 9.17) is 9.98 Å². The summed E-state index contributed by atoms with van der Waals surface area (Å²) in [5.41, 5.74) is 7.46. The Hall–Kier alpha value is -2.62. The lowest BCUT2D eigenvalue weighted by atomic mass is 9.80. The molecule has 3 aliphatic heterocycles. The fourth-order valence-corrected chi connectivity index (χ4v) is 7.23. The highest BCUT2D eigenvalue weighted by atomic mass is 32.1. The molecule has 4 heterocycles. The molecule has 1 spiro atoms. The maximum Gasteiger partial charge on any atom is 0.252 e. The SMILES string of the molecule is C\C=C(F)/C(=N/C(=C/CC)N=C1C=CC(C2CCNCC2)NN1)c1cc2c(s1)C1(CCCC1)CNC2=O. The number of carbonyl (C=O) groups excluding carboxylic acids is 1. The van der Waals surface area contributed by atoms with Gasteiger partial charge in [-0.1, -0.05) is 25.8 Å². The number of piperidine rings is 1. The van der Waals surface area contributed by atoms with Crippen molar-refractivity contribution in [2.75, 3.05) is 19.6 Å². The molecule has 0 radical (unpaired) electrons. The first-order chi connectivity index (χ1) is 18.0. The molecule has 0 bridgehead atoms. The van der Waals surface area contributed by atoms with Crippen LogP contribution in [0.5, 0.6) is 0 Å². The molecule has 1 aliphatic carbocycles. The predicted octanol–water partition coefficient (Wildman–Crippen LogP) is 4.65. The van der Waals surface area contributed by atoms with Gasteiger partial charge < -0.3 is 16.1 Å². The number of allylic oxidation sites excluding steroid dienone is 3. The third kappa shape index (κ3) is 5.49. The molecule has 1 atom stereocenters. The third-order valence-electron chi connectivity index (χ3n) is 7.89. The number of amides is 1. The highest BCUT2D eigenvalue weighted by Crippen LogP contribution is 2.47. The molecule has 7 nitrogen and oxygen atoms in total. The van der Waals surface area contributed by atoms with Gasteiger partial charge in [0.15, 0.2) is 5.82 Å². The van der Waals surface area contributed by atoms with Gasteiger partial charge in [-0.3, -0.25) is 4.79 Å². The second-order valence-corrected chi connectivity index (χ2v) is 11.4. The number of nitrogens with one attached hydrogen (secondary N) is 4. The number of rotatable bonds is 6. The van der Waals surface area contributed by atoms with Crippen LogP contribution in [-0.4, -0.2) is 43.1 Å². The molecule has 4 aliphatic rings. The Morgan fingerprint density at radius 1 is 1.27 bits per heavy atom. The van der Waals surface area contributed by atoms with Crippen LogP contribution in [0.15, 0.2) is 52.0 Å². The van der Waals surface area contributed by atoms with Crippen molar-refractivity contribution in [1.29, 1.82) is 0 Å². The summed E-state index contributed by atoms with van der Waals surface area (Å²) in [5, 5.41) is 6.47. The van der Waals surface area contributed by atoms with Crippen molar-refractivity contribution in [1.82, 2.24) is 21.5 Å². The lowest BCUT2D eigenvalue weighted by molar-refractivity contribution is 0.0927. The largest absolute Gasteiger partial charge is 0.351 e. The van der Waals surface area contributed by atoms with Crippen molar-refractivity contribution >= 4 is 28.8 Å². The normalized spacial score (nSPS) is 25.9. The van der Waals surface area contributed by atoms with Crippen LogP contribution in [-0.2, 0) is 5.41 Å². The van der Waals surface area contributed by atoms with E-state index in [0.29, 0.717) is 41.0 Å². The summed E-state index contributed by atoms with van der Waals surface area (Å²) in [4.78, 5) is 23.9. The van der Waals surface area contributed by atoms with Crippen molar-refractivity contribution in [3.05, 3.63) is 57.3 Å². The topological polar surface area (TPSA) is 89.9 Å². The minimum absolute atomic E-state index is 0.0284. The van der Waals surface area contributed by atoms with Crippen LogP contribution in [0.4, 0.5) is 4.39 Å². The number of aliphatic imine (C=N–C) groups is 2. The van der Waals surface area contributed by atoms with E-state index in [9.17, 15) is 4.79 Å². The molecule has 1 amide bonds. The van der Waals surface area contributed by atoms with Crippen LogP contribution in [0.2, 0.25) is 0 Å². The fourth-order valence-electron chi connectivity index (χ4n) is 5.84. The number of hydrogen-bond donors (Lipinski definition) is 4. The average molecular weight is 525 g/mol. The van der Waals surface area contributed by atoms with E-state index in [-0.39, 0.29) is 23.1 Å². The fraction of sp³-hybridized carbons (Fsp3) is 0.536. The zero-order valence-corrected chi connectivity index (χ0v) is 22.5. The molecule has 1 saturated carbocycles. The molecule has 4 N–H and O–H groups in total. The summed E-state index contributed by atoms with van der Waals surface area (Å²) in [7, 11) is 0. The minimum Gasteiger partial charge on any atom is -0.351 e. The molecule has 9 heteroatoms. The van der Waals surface area contributed by atoms with Gasteiger partial charge in [-0.2, -0.15) is 0 Å². The van der Waals surface area contributed by atoms with E-state index >= 15 is 4.39 Å². The first-order valence-corrected chi connectivity index (χ1v) is 14.4. The number of carbonyl (C=O) groups is 1. The Balaban J connectivity index is 1.45. The van der Waals surface area contributed by atoms with Crippen LogP contribution in [0.1, 0.15) is 78.9 Å². The van der Waals surface area contributed by atoms with Crippen molar-refractivity contribution in [2.45, 2.75) is 70.3 Å². The van der Waals surface area contributed by atoms with Crippen molar-refractivity contribution < 1.29 is 9.18 Å². The first kappa shape index (κ1) is 26.0. The third-order valence-corrected chi connectivity index (χ3v) is 9.28. The van der Waals surface area contributed by atoms with Crippen LogP contribution < -0.4 is 21.5 Å². The summed E-state index contributed by atoms with van der Waals surface area (Å²) in [5.74, 6) is 1.17. The van der Waals surface area contributed by atoms with Gasteiger partial charge in [0, 0.05) is 22.9 Å². The maximum atomic E-state index is 15.3. The van der Waals surface area contributed by atoms with Crippen LogP contribution in [0.25, 0.3) is 0 Å². The van der Waals surface area contributed by atoms with E-state index in [1.165, 1.54) is 17.4 Å². The standard InChI is InChI=1S/C28H37FN6OS/c1-3-7-23(32-24-9-8-21(34-35-24)18-10-14-30-15-11-18)33-25(20(29)4-2)22-16-19-26(37-22)28(12-5-6-13-28)17-31-27(19)36/h4,7-9,16,18,21,30,34H,3,5-6,10-15,17H2,1-2H3,(H,31,36)(H,32,35)/b20-4+,23-7+,33-25-. The van der Waals surface area contributed by atoms with Gasteiger partial charge in [0.1, 0.15) is 17.4 Å². The Bertz CT molecular complexity index is 1170. The zero-order valence-electron chi connectivity index (χ0n) is 21.7. The van der Waals surface area contributed by atoms with Gasteiger partial charge in [0.05, 0.1) is 10.4 Å². The molecule has 2 fully saturated rings. The van der Waals surface area contributed by atoms with Crippen molar-refractivity contribution in [3.63, 3.8) is 0 Å². The second kappa shape index (κ2) is 11.4.